The molecule has 1 fully saturated rings. The number of carbonyl (C=O) groups is 1. The smallest absolute Gasteiger partial charge is 0.286 e. The third kappa shape index (κ3) is 2.53. The SMILES string of the molecule is O=C(NCC1(CCCl)CC1)c1ccco1. The van der Waals surface area contributed by atoms with Crippen LogP contribution in [0.1, 0.15) is 29.8 Å². The lowest BCUT2D eigenvalue weighted by Crippen LogP contribution is -2.30. The van der Waals surface area contributed by atoms with Crippen molar-refractivity contribution in [1.82, 2.24) is 5.32 Å². The normalized spacial score (nSPS) is 17.4. The Bertz CT molecular complexity index is 330. The summed E-state index contributed by atoms with van der Waals surface area (Å²) in [7, 11) is 0. The highest BCUT2D eigenvalue weighted by atomic mass is 35.5. The van der Waals surface area contributed by atoms with Crippen molar-refractivity contribution >= 4 is 17.5 Å². The van der Waals surface area contributed by atoms with Crippen molar-refractivity contribution in [2.75, 3.05) is 12.4 Å². The number of alkyl halides is 1. The topological polar surface area (TPSA) is 42.2 Å². The van der Waals surface area contributed by atoms with Crippen LogP contribution in [0.3, 0.4) is 0 Å². The highest BCUT2D eigenvalue weighted by Gasteiger charge is 2.41. The summed E-state index contributed by atoms with van der Waals surface area (Å²) in [5.41, 5.74) is 0.268. The molecule has 0 unspecified atom stereocenters. The second-order valence-electron chi connectivity index (χ2n) is 4.10. The Balaban J connectivity index is 1.81. The average molecular weight is 228 g/mol. The third-order valence-corrected chi connectivity index (χ3v) is 3.14. The van der Waals surface area contributed by atoms with E-state index < -0.39 is 0 Å². The molecule has 1 amide bonds. The number of hydrogen-bond acceptors (Lipinski definition) is 2. The molecule has 2 rings (SSSR count). The van der Waals surface area contributed by atoms with Crippen LogP contribution in [0.2, 0.25) is 0 Å². The molecule has 3 nitrogen and oxygen atoms in total. The van der Waals surface area contributed by atoms with Crippen molar-refractivity contribution in [1.29, 1.82) is 0 Å². The van der Waals surface area contributed by atoms with Crippen molar-refractivity contribution < 1.29 is 9.21 Å². The Morgan fingerprint density at radius 3 is 2.93 bits per heavy atom. The standard InChI is InChI=1S/C11H14ClNO2/c12-6-5-11(3-4-11)8-13-10(14)9-2-1-7-15-9/h1-2,7H,3-6,8H2,(H,13,14). The van der Waals surface area contributed by atoms with Crippen molar-refractivity contribution in [3.8, 4) is 0 Å². The van der Waals surface area contributed by atoms with Crippen LogP contribution in [-0.4, -0.2) is 18.3 Å². The first-order valence-electron chi connectivity index (χ1n) is 5.13. The number of rotatable bonds is 5. The second kappa shape index (κ2) is 4.27. The van der Waals surface area contributed by atoms with Gasteiger partial charge in [-0.1, -0.05) is 0 Å². The molecule has 4 heteroatoms. The molecule has 1 N–H and O–H groups in total. The van der Waals surface area contributed by atoms with Gasteiger partial charge in [0.15, 0.2) is 5.76 Å². The largest absolute Gasteiger partial charge is 0.459 e. The van der Waals surface area contributed by atoms with Crippen LogP contribution in [0.5, 0.6) is 0 Å². The van der Waals surface area contributed by atoms with Crippen molar-refractivity contribution in [3.05, 3.63) is 24.2 Å². The Morgan fingerprint density at radius 1 is 1.60 bits per heavy atom. The molecular weight excluding hydrogens is 214 g/mol. The summed E-state index contributed by atoms with van der Waals surface area (Å²) in [5, 5.41) is 2.88. The number of hydrogen-bond donors (Lipinski definition) is 1. The van der Waals surface area contributed by atoms with Crippen LogP contribution in [0, 0.1) is 5.41 Å². The number of nitrogens with one attached hydrogen (secondary N) is 1. The molecule has 15 heavy (non-hydrogen) atoms. The van der Waals surface area contributed by atoms with E-state index in [0.29, 0.717) is 18.2 Å². The quantitative estimate of drug-likeness (QED) is 0.785. The van der Waals surface area contributed by atoms with Crippen molar-refractivity contribution in [2.45, 2.75) is 19.3 Å². The van der Waals surface area contributed by atoms with Crippen molar-refractivity contribution in [3.63, 3.8) is 0 Å². The molecule has 1 aromatic rings. The molecule has 1 heterocycles. The van der Waals surface area contributed by atoms with Crippen LogP contribution < -0.4 is 5.32 Å². The van der Waals surface area contributed by atoms with E-state index >= 15 is 0 Å². The summed E-state index contributed by atoms with van der Waals surface area (Å²) < 4.78 is 5.00. The van der Waals surface area contributed by atoms with Crippen LogP contribution in [0.25, 0.3) is 0 Å². The van der Waals surface area contributed by atoms with Gasteiger partial charge in [-0.3, -0.25) is 4.79 Å². The van der Waals surface area contributed by atoms with Gasteiger partial charge in [-0.2, -0.15) is 0 Å². The fourth-order valence-electron chi connectivity index (χ4n) is 1.66. The first-order chi connectivity index (χ1) is 7.26. The van der Waals surface area contributed by atoms with Crippen molar-refractivity contribution in [2.24, 2.45) is 5.41 Å². The fraction of sp³-hybridized carbons (Fsp3) is 0.545. The van der Waals surface area contributed by atoms with Gasteiger partial charge in [-0.15, -0.1) is 11.6 Å². The van der Waals surface area contributed by atoms with E-state index in [2.05, 4.69) is 5.32 Å². The summed E-state index contributed by atoms with van der Waals surface area (Å²) in [6, 6.07) is 3.37. The minimum absolute atomic E-state index is 0.138. The molecule has 0 bridgehead atoms. The predicted octanol–water partition coefficient (Wildman–Crippen LogP) is 2.42. The van der Waals surface area contributed by atoms with Gasteiger partial charge in [0.1, 0.15) is 0 Å². The van der Waals surface area contributed by atoms with Gasteiger partial charge in [0.25, 0.3) is 5.91 Å². The summed E-state index contributed by atoms with van der Waals surface area (Å²) >= 11 is 5.71. The lowest BCUT2D eigenvalue weighted by molar-refractivity contribution is 0.0916. The maximum absolute atomic E-state index is 11.5. The van der Waals surface area contributed by atoms with Crippen LogP contribution in [0.15, 0.2) is 22.8 Å². The molecule has 0 aromatic carbocycles. The van der Waals surface area contributed by atoms with Crippen LogP contribution >= 0.6 is 11.6 Å². The van der Waals surface area contributed by atoms with Gasteiger partial charge in [-0.05, 0) is 36.8 Å². The first kappa shape index (κ1) is 10.6. The fourth-order valence-corrected chi connectivity index (χ4v) is 2.06. The predicted molar refractivity (Wildman–Crippen MR) is 58.0 cm³/mol. The zero-order valence-electron chi connectivity index (χ0n) is 8.46. The molecule has 1 aromatic heterocycles. The van der Waals surface area contributed by atoms with Crippen LogP contribution in [-0.2, 0) is 0 Å². The summed E-state index contributed by atoms with van der Waals surface area (Å²) in [4.78, 5) is 11.5. The van der Waals surface area contributed by atoms with Gasteiger partial charge in [-0.25, -0.2) is 0 Å². The summed E-state index contributed by atoms with van der Waals surface area (Å²) in [6.45, 7) is 0.708. The summed E-state index contributed by atoms with van der Waals surface area (Å²) in [5.74, 6) is 0.897. The molecular formula is C11H14ClNO2. The van der Waals surface area contributed by atoms with E-state index in [1.165, 1.54) is 6.26 Å². The van der Waals surface area contributed by atoms with Crippen LogP contribution in [0.4, 0.5) is 0 Å². The van der Waals surface area contributed by atoms with E-state index in [4.69, 9.17) is 16.0 Å². The zero-order chi connectivity index (χ0) is 10.7. The highest BCUT2D eigenvalue weighted by Crippen LogP contribution is 2.48. The van der Waals surface area contributed by atoms with Gasteiger partial charge < -0.3 is 9.73 Å². The van der Waals surface area contributed by atoms with E-state index in [1.54, 1.807) is 12.1 Å². The zero-order valence-corrected chi connectivity index (χ0v) is 9.22. The van der Waals surface area contributed by atoms with Gasteiger partial charge in [0.05, 0.1) is 6.26 Å². The summed E-state index contributed by atoms with van der Waals surface area (Å²) in [6.07, 6.45) is 4.81. The minimum atomic E-state index is -0.138. The third-order valence-electron chi connectivity index (χ3n) is 2.95. The molecule has 1 aliphatic rings. The van der Waals surface area contributed by atoms with Gasteiger partial charge in [0.2, 0.25) is 0 Å². The number of amides is 1. The maximum Gasteiger partial charge on any atom is 0.286 e. The van der Waals surface area contributed by atoms with Gasteiger partial charge in [0, 0.05) is 12.4 Å². The number of carbonyl (C=O) groups excluding carboxylic acids is 1. The maximum atomic E-state index is 11.5. The highest BCUT2D eigenvalue weighted by molar-refractivity contribution is 6.17. The van der Waals surface area contributed by atoms with Gasteiger partial charge >= 0.3 is 0 Å². The second-order valence-corrected chi connectivity index (χ2v) is 4.48. The van der Waals surface area contributed by atoms with E-state index in [-0.39, 0.29) is 11.3 Å². The average Bonchev–Trinajstić information content (AvgIpc) is 2.81. The molecule has 1 saturated carbocycles. The number of furan rings is 1. The Hall–Kier alpha value is -0.960. The Kier molecular flexibility index (Phi) is 3.00. The lowest BCUT2D eigenvalue weighted by Gasteiger charge is -2.13. The lowest BCUT2D eigenvalue weighted by atomic mass is 10.0. The van der Waals surface area contributed by atoms with E-state index in [0.717, 1.165) is 19.3 Å². The molecule has 0 spiro atoms. The molecule has 0 atom stereocenters. The first-order valence-corrected chi connectivity index (χ1v) is 5.67. The minimum Gasteiger partial charge on any atom is -0.459 e. The van der Waals surface area contributed by atoms with E-state index in [9.17, 15) is 4.79 Å². The monoisotopic (exact) mass is 227 g/mol. The molecule has 0 radical (unpaired) electrons. The molecule has 0 saturated heterocycles. The molecule has 1 aliphatic carbocycles. The molecule has 82 valence electrons. The number of halogens is 1. The van der Waals surface area contributed by atoms with E-state index in [1.807, 2.05) is 0 Å². The Morgan fingerprint density at radius 2 is 2.40 bits per heavy atom. The Labute approximate surface area is 93.8 Å². The molecule has 0 aliphatic heterocycles.